The predicted octanol–water partition coefficient (Wildman–Crippen LogP) is 2.90. The molecule has 0 aliphatic carbocycles. The van der Waals surface area contributed by atoms with Gasteiger partial charge < -0.3 is 14.2 Å². The molecule has 0 aromatic heterocycles. The van der Waals surface area contributed by atoms with Gasteiger partial charge in [0, 0.05) is 5.92 Å². The molecule has 3 saturated heterocycles. The van der Waals surface area contributed by atoms with Crippen molar-refractivity contribution >= 4 is 9.84 Å². The summed E-state index contributed by atoms with van der Waals surface area (Å²) in [4.78, 5) is 0.317. The molecule has 0 unspecified atom stereocenters. The van der Waals surface area contributed by atoms with Crippen LogP contribution < -0.4 is 0 Å². The molecule has 0 saturated carbocycles. The van der Waals surface area contributed by atoms with Gasteiger partial charge >= 0.3 is 0 Å². The molecule has 0 N–H and O–H groups in total. The Balaban J connectivity index is 1.80. The maximum atomic E-state index is 13.3. The minimum atomic E-state index is -3.56. The summed E-state index contributed by atoms with van der Waals surface area (Å²) in [6, 6.07) is 8.57. The van der Waals surface area contributed by atoms with Crippen LogP contribution in [-0.4, -0.2) is 37.4 Å². The van der Waals surface area contributed by atoms with E-state index in [-0.39, 0.29) is 5.92 Å². The molecule has 4 rings (SSSR count). The number of sulfone groups is 1. The molecule has 0 radical (unpaired) electrons. The molecule has 24 heavy (non-hydrogen) atoms. The van der Waals surface area contributed by atoms with E-state index in [2.05, 4.69) is 0 Å². The topological polar surface area (TPSA) is 61.8 Å². The second-order valence-electron chi connectivity index (χ2n) is 7.67. The van der Waals surface area contributed by atoms with Gasteiger partial charge in [-0.3, -0.25) is 0 Å². The third kappa shape index (κ3) is 2.06. The van der Waals surface area contributed by atoms with Crippen molar-refractivity contribution in [1.29, 1.82) is 0 Å². The molecule has 0 amide bonds. The minimum Gasteiger partial charge on any atom is -0.347 e. The van der Waals surface area contributed by atoms with Crippen molar-refractivity contribution in [2.24, 2.45) is 5.92 Å². The van der Waals surface area contributed by atoms with Crippen LogP contribution in [0.3, 0.4) is 0 Å². The first-order chi connectivity index (χ1) is 11.2. The van der Waals surface area contributed by atoms with E-state index in [4.69, 9.17) is 14.2 Å². The van der Waals surface area contributed by atoms with Crippen molar-refractivity contribution in [3.63, 3.8) is 0 Å². The molecule has 3 aliphatic heterocycles. The summed E-state index contributed by atoms with van der Waals surface area (Å²) < 4.78 is 45.1. The average molecular weight is 352 g/mol. The highest BCUT2D eigenvalue weighted by atomic mass is 32.2. The van der Waals surface area contributed by atoms with Gasteiger partial charge in [-0.05, 0) is 52.2 Å². The van der Waals surface area contributed by atoms with Gasteiger partial charge in [-0.1, -0.05) is 18.2 Å². The molecule has 1 aromatic carbocycles. The van der Waals surface area contributed by atoms with E-state index in [0.717, 1.165) is 12.8 Å². The summed E-state index contributed by atoms with van der Waals surface area (Å²) in [6.45, 7) is 6.24. The predicted molar refractivity (Wildman–Crippen MR) is 88.1 cm³/mol. The molecule has 1 spiro atoms. The smallest absolute Gasteiger partial charge is 0.203 e. The molecule has 3 fully saturated rings. The molecular formula is C18H24O5S. The zero-order valence-electron chi connectivity index (χ0n) is 14.3. The Morgan fingerprint density at radius 2 is 1.79 bits per heavy atom. The molecule has 2 bridgehead atoms. The molecule has 4 atom stereocenters. The third-order valence-electron chi connectivity index (χ3n) is 5.73. The standard InChI is InChI=1S/C18H24O5S/c1-16(2)18-13(8-7-11-21-18)12-15(17(3,22-16)23-18)24(19,20)14-9-5-4-6-10-14/h4-6,9-10,13,15H,7-8,11-12H2,1-3H3/t13-,15-,17+,18-/m1/s1. The van der Waals surface area contributed by atoms with Gasteiger partial charge in [0.1, 0.15) is 10.9 Å². The van der Waals surface area contributed by atoms with Crippen LogP contribution in [0.1, 0.15) is 40.0 Å². The number of hydrogen-bond acceptors (Lipinski definition) is 5. The Bertz CT molecular complexity index is 744. The van der Waals surface area contributed by atoms with Crippen LogP contribution >= 0.6 is 0 Å². The van der Waals surface area contributed by atoms with Crippen molar-refractivity contribution in [1.82, 2.24) is 0 Å². The van der Waals surface area contributed by atoms with Crippen LogP contribution in [0.5, 0.6) is 0 Å². The first-order valence-corrected chi connectivity index (χ1v) is 10.1. The fraction of sp³-hybridized carbons (Fsp3) is 0.667. The highest BCUT2D eigenvalue weighted by Crippen LogP contribution is 2.59. The zero-order chi connectivity index (χ0) is 17.2. The van der Waals surface area contributed by atoms with Crippen LogP contribution in [0.2, 0.25) is 0 Å². The highest BCUT2D eigenvalue weighted by Gasteiger charge is 2.72. The summed E-state index contributed by atoms with van der Waals surface area (Å²) in [6.07, 6.45) is 2.31. The highest BCUT2D eigenvalue weighted by molar-refractivity contribution is 7.92. The lowest BCUT2D eigenvalue weighted by Gasteiger charge is -2.50. The molecular weight excluding hydrogens is 328 g/mol. The minimum absolute atomic E-state index is 0.0142. The second kappa shape index (κ2) is 5.04. The Hall–Kier alpha value is -0.950. The van der Waals surface area contributed by atoms with E-state index in [1.807, 2.05) is 19.9 Å². The first-order valence-electron chi connectivity index (χ1n) is 8.55. The second-order valence-corrected chi connectivity index (χ2v) is 9.80. The Labute approximate surface area is 143 Å². The van der Waals surface area contributed by atoms with E-state index in [0.29, 0.717) is 17.9 Å². The van der Waals surface area contributed by atoms with Gasteiger partial charge in [-0.2, -0.15) is 0 Å². The van der Waals surface area contributed by atoms with Crippen LogP contribution in [0.4, 0.5) is 0 Å². The summed E-state index contributed by atoms with van der Waals surface area (Å²) in [5.41, 5.74) is -0.687. The number of fused-ring (bicyclic) bond motifs is 1. The molecule has 5 nitrogen and oxygen atoms in total. The summed E-state index contributed by atoms with van der Waals surface area (Å²) >= 11 is 0. The Morgan fingerprint density at radius 1 is 1.08 bits per heavy atom. The number of ether oxygens (including phenoxy) is 3. The van der Waals surface area contributed by atoms with Crippen molar-refractivity contribution in [2.45, 2.75) is 67.4 Å². The fourth-order valence-corrected chi connectivity index (χ4v) is 6.73. The van der Waals surface area contributed by atoms with Gasteiger partial charge in [0.05, 0.1) is 11.5 Å². The normalized spacial score (nSPS) is 41.0. The molecule has 1 aromatic rings. The summed E-state index contributed by atoms with van der Waals surface area (Å²) in [5.74, 6) is -2.03. The van der Waals surface area contributed by atoms with Crippen LogP contribution in [0.15, 0.2) is 35.2 Å². The number of benzene rings is 1. The maximum absolute atomic E-state index is 13.3. The lowest BCUT2D eigenvalue weighted by molar-refractivity contribution is -0.326. The number of hydrogen-bond donors (Lipinski definition) is 0. The van der Waals surface area contributed by atoms with Gasteiger partial charge in [0.25, 0.3) is 0 Å². The SMILES string of the molecule is CC1(C)O[C@@]2(C)O[C@@]13OCCC[C@@H]3C[C@H]2S(=O)(=O)c1ccccc1. The van der Waals surface area contributed by atoms with Crippen LogP contribution in [0.25, 0.3) is 0 Å². The molecule has 6 heteroatoms. The summed E-state index contributed by atoms with van der Waals surface area (Å²) in [5, 5.41) is -0.742. The van der Waals surface area contributed by atoms with Crippen molar-refractivity contribution in [2.75, 3.05) is 6.61 Å². The van der Waals surface area contributed by atoms with Crippen LogP contribution in [-0.2, 0) is 24.0 Å². The van der Waals surface area contributed by atoms with Gasteiger partial charge in [0.2, 0.25) is 5.79 Å². The third-order valence-corrected chi connectivity index (χ3v) is 8.03. The first kappa shape index (κ1) is 16.5. The van der Waals surface area contributed by atoms with E-state index < -0.39 is 32.3 Å². The zero-order valence-corrected chi connectivity index (χ0v) is 15.1. The molecule has 132 valence electrons. The van der Waals surface area contributed by atoms with Crippen molar-refractivity contribution in [3.8, 4) is 0 Å². The fourth-order valence-electron chi connectivity index (χ4n) is 4.72. The maximum Gasteiger partial charge on any atom is 0.203 e. The monoisotopic (exact) mass is 352 g/mol. The van der Waals surface area contributed by atoms with E-state index in [1.54, 1.807) is 31.2 Å². The van der Waals surface area contributed by atoms with Gasteiger partial charge in [-0.15, -0.1) is 0 Å². The average Bonchev–Trinajstić information content (AvgIpc) is 2.69. The lowest BCUT2D eigenvalue weighted by Crippen LogP contribution is -2.61. The van der Waals surface area contributed by atoms with Crippen molar-refractivity contribution in [3.05, 3.63) is 30.3 Å². The number of rotatable bonds is 2. The van der Waals surface area contributed by atoms with Crippen LogP contribution in [0, 0.1) is 5.92 Å². The summed E-state index contributed by atoms with van der Waals surface area (Å²) in [7, 11) is -3.56. The quantitative estimate of drug-likeness (QED) is 0.819. The van der Waals surface area contributed by atoms with Gasteiger partial charge in [-0.25, -0.2) is 8.42 Å². The molecule has 3 aliphatic rings. The Kier molecular flexibility index (Phi) is 3.46. The van der Waals surface area contributed by atoms with Crippen molar-refractivity contribution < 1.29 is 22.6 Å². The van der Waals surface area contributed by atoms with E-state index in [9.17, 15) is 8.42 Å². The lowest BCUT2D eigenvalue weighted by atomic mass is 9.77. The van der Waals surface area contributed by atoms with Gasteiger partial charge in [0.15, 0.2) is 15.6 Å². The largest absolute Gasteiger partial charge is 0.347 e. The Morgan fingerprint density at radius 3 is 2.50 bits per heavy atom. The van der Waals surface area contributed by atoms with E-state index >= 15 is 0 Å². The molecule has 3 heterocycles. The van der Waals surface area contributed by atoms with E-state index in [1.165, 1.54) is 0 Å².